The first-order chi connectivity index (χ1) is 8.92. The van der Waals surface area contributed by atoms with E-state index in [4.69, 9.17) is 4.52 Å². The van der Waals surface area contributed by atoms with Crippen LogP contribution in [0.1, 0.15) is 49.7 Å². The summed E-state index contributed by atoms with van der Waals surface area (Å²) in [6, 6.07) is 0.539. The molecule has 3 heterocycles. The minimum absolute atomic E-state index is 0.465. The molecule has 2 N–H and O–H groups in total. The molecule has 0 aromatic carbocycles. The van der Waals surface area contributed by atoms with E-state index in [0.29, 0.717) is 12.0 Å². The lowest BCUT2D eigenvalue weighted by Gasteiger charge is -2.21. The molecule has 0 bridgehead atoms. The molecule has 100 valence electrons. The highest BCUT2D eigenvalue weighted by atomic mass is 16.5. The number of nitrogens with one attached hydrogen (secondary N) is 2. The number of hydrogen-bond donors (Lipinski definition) is 2. The number of hydrogen-bond acceptors (Lipinski definition) is 5. The third kappa shape index (κ3) is 2.90. The monoisotopic (exact) mass is 250 g/mol. The maximum atomic E-state index is 5.43. The highest BCUT2D eigenvalue weighted by molar-refractivity contribution is 4.98. The van der Waals surface area contributed by atoms with Crippen molar-refractivity contribution in [2.45, 2.75) is 50.5 Å². The molecule has 0 radical (unpaired) electrons. The van der Waals surface area contributed by atoms with Crippen molar-refractivity contribution in [2.75, 3.05) is 19.6 Å². The molecule has 2 aliphatic heterocycles. The standard InChI is InChI=1S/C13H22N4O/c1-2-6-15-11(3-1)9-12-16-13(18-17-12)10-4-7-14-8-5-10/h10-11,14-15H,1-9H2. The van der Waals surface area contributed by atoms with Gasteiger partial charge in [0.15, 0.2) is 5.82 Å². The predicted octanol–water partition coefficient (Wildman–Crippen LogP) is 1.22. The minimum Gasteiger partial charge on any atom is -0.339 e. The fourth-order valence-corrected chi connectivity index (χ4v) is 2.90. The normalized spacial score (nSPS) is 26.3. The van der Waals surface area contributed by atoms with Crippen LogP contribution in [0, 0.1) is 0 Å². The van der Waals surface area contributed by atoms with E-state index in [9.17, 15) is 0 Å². The van der Waals surface area contributed by atoms with Crippen LogP contribution < -0.4 is 10.6 Å². The van der Waals surface area contributed by atoms with Crippen molar-refractivity contribution in [3.63, 3.8) is 0 Å². The first-order valence-electron chi connectivity index (χ1n) is 7.18. The molecular formula is C13H22N4O. The van der Waals surface area contributed by atoms with Gasteiger partial charge in [-0.1, -0.05) is 11.6 Å². The van der Waals surface area contributed by atoms with Crippen molar-refractivity contribution in [1.29, 1.82) is 0 Å². The Hall–Kier alpha value is -0.940. The van der Waals surface area contributed by atoms with E-state index >= 15 is 0 Å². The largest absolute Gasteiger partial charge is 0.339 e. The summed E-state index contributed by atoms with van der Waals surface area (Å²) in [4.78, 5) is 4.58. The van der Waals surface area contributed by atoms with Crippen LogP contribution in [0.4, 0.5) is 0 Å². The van der Waals surface area contributed by atoms with Crippen molar-refractivity contribution in [2.24, 2.45) is 0 Å². The van der Waals surface area contributed by atoms with Gasteiger partial charge in [-0.2, -0.15) is 4.98 Å². The summed E-state index contributed by atoms with van der Waals surface area (Å²) < 4.78 is 5.43. The van der Waals surface area contributed by atoms with Gasteiger partial charge in [0.1, 0.15) is 0 Å². The van der Waals surface area contributed by atoms with Crippen LogP contribution in [-0.2, 0) is 6.42 Å². The van der Waals surface area contributed by atoms with E-state index in [1.807, 2.05) is 0 Å². The molecule has 5 heteroatoms. The van der Waals surface area contributed by atoms with Gasteiger partial charge in [0, 0.05) is 18.4 Å². The van der Waals surface area contributed by atoms with E-state index in [1.165, 1.54) is 19.3 Å². The fraction of sp³-hybridized carbons (Fsp3) is 0.846. The quantitative estimate of drug-likeness (QED) is 0.844. The molecule has 1 aromatic heterocycles. The van der Waals surface area contributed by atoms with Gasteiger partial charge in [-0.15, -0.1) is 0 Å². The molecular weight excluding hydrogens is 228 g/mol. The zero-order chi connectivity index (χ0) is 12.2. The summed E-state index contributed by atoms with van der Waals surface area (Å²) >= 11 is 0. The van der Waals surface area contributed by atoms with Gasteiger partial charge in [0.2, 0.25) is 5.89 Å². The van der Waals surface area contributed by atoms with Crippen molar-refractivity contribution < 1.29 is 4.52 Å². The molecule has 1 aromatic rings. The third-order valence-electron chi connectivity index (χ3n) is 4.01. The number of rotatable bonds is 3. The smallest absolute Gasteiger partial charge is 0.229 e. The first kappa shape index (κ1) is 12.1. The Labute approximate surface area is 108 Å². The van der Waals surface area contributed by atoms with Crippen LogP contribution in [0.2, 0.25) is 0 Å². The van der Waals surface area contributed by atoms with Gasteiger partial charge in [0.05, 0.1) is 0 Å². The van der Waals surface area contributed by atoms with Crippen molar-refractivity contribution in [3.8, 4) is 0 Å². The molecule has 18 heavy (non-hydrogen) atoms. The Morgan fingerprint density at radius 3 is 2.78 bits per heavy atom. The van der Waals surface area contributed by atoms with Gasteiger partial charge in [0.25, 0.3) is 0 Å². The SMILES string of the molecule is C1CCC(Cc2noc(C3CCNCC3)n2)NC1. The second kappa shape index (κ2) is 5.80. The number of nitrogens with zero attached hydrogens (tertiary/aromatic N) is 2. The maximum absolute atomic E-state index is 5.43. The lowest BCUT2D eigenvalue weighted by molar-refractivity contribution is 0.316. The Morgan fingerprint density at radius 1 is 1.11 bits per heavy atom. The van der Waals surface area contributed by atoms with Crippen molar-refractivity contribution >= 4 is 0 Å². The average molecular weight is 250 g/mol. The Bertz CT molecular complexity index is 367. The van der Waals surface area contributed by atoms with Gasteiger partial charge in [-0.05, 0) is 45.3 Å². The van der Waals surface area contributed by atoms with Crippen LogP contribution in [0.25, 0.3) is 0 Å². The topological polar surface area (TPSA) is 63.0 Å². The van der Waals surface area contributed by atoms with Crippen LogP contribution >= 0.6 is 0 Å². The summed E-state index contributed by atoms with van der Waals surface area (Å²) in [6.45, 7) is 3.25. The summed E-state index contributed by atoms with van der Waals surface area (Å²) in [5.74, 6) is 2.19. The van der Waals surface area contributed by atoms with Crippen LogP contribution in [-0.4, -0.2) is 35.8 Å². The minimum atomic E-state index is 0.465. The van der Waals surface area contributed by atoms with Gasteiger partial charge < -0.3 is 15.2 Å². The van der Waals surface area contributed by atoms with Crippen LogP contribution in [0.15, 0.2) is 4.52 Å². The summed E-state index contributed by atoms with van der Waals surface area (Å²) in [7, 11) is 0. The molecule has 2 saturated heterocycles. The van der Waals surface area contributed by atoms with Gasteiger partial charge >= 0.3 is 0 Å². The predicted molar refractivity (Wildman–Crippen MR) is 68.5 cm³/mol. The zero-order valence-electron chi connectivity index (χ0n) is 10.8. The first-order valence-corrected chi connectivity index (χ1v) is 7.18. The van der Waals surface area contributed by atoms with Crippen molar-refractivity contribution in [3.05, 3.63) is 11.7 Å². The number of piperidine rings is 2. The molecule has 1 unspecified atom stereocenters. The Kier molecular flexibility index (Phi) is 3.90. The Morgan fingerprint density at radius 2 is 2.00 bits per heavy atom. The molecule has 1 atom stereocenters. The highest BCUT2D eigenvalue weighted by Crippen LogP contribution is 2.23. The van der Waals surface area contributed by atoms with E-state index in [0.717, 1.165) is 50.6 Å². The lowest BCUT2D eigenvalue weighted by Crippen LogP contribution is -2.35. The molecule has 3 rings (SSSR count). The zero-order valence-corrected chi connectivity index (χ0v) is 10.8. The van der Waals surface area contributed by atoms with E-state index < -0.39 is 0 Å². The van der Waals surface area contributed by atoms with Gasteiger partial charge in [-0.3, -0.25) is 0 Å². The summed E-state index contributed by atoms with van der Waals surface area (Å²) in [6.07, 6.45) is 6.98. The van der Waals surface area contributed by atoms with E-state index in [-0.39, 0.29) is 0 Å². The third-order valence-corrected chi connectivity index (χ3v) is 4.01. The highest BCUT2D eigenvalue weighted by Gasteiger charge is 2.22. The van der Waals surface area contributed by atoms with E-state index in [2.05, 4.69) is 20.8 Å². The number of aromatic nitrogens is 2. The van der Waals surface area contributed by atoms with E-state index in [1.54, 1.807) is 0 Å². The van der Waals surface area contributed by atoms with Crippen molar-refractivity contribution in [1.82, 2.24) is 20.8 Å². The lowest BCUT2D eigenvalue weighted by atomic mass is 9.98. The maximum Gasteiger partial charge on any atom is 0.229 e. The molecule has 0 spiro atoms. The molecule has 5 nitrogen and oxygen atoms in total. The summed E-state index contributed by atoms with van der Waals surface area (Å²) in [5, 5.41) is 11.0. The second-order valence-electron chi connectivity index (χ2n) is 5.42. The van der Waals surface area contributed by atoms with Gasteiger partial charge in [-0.25, -0.2) is 0 Å². The molecule has 2 aliphatic rings. The van der Waals surface area contributed by atoms with Crippen LogP contribution in [0.3, 0.4) is 0 Å². The average Bonchev–Trinajstić information content (AvgIpc) is 2.89. The second-order valence-corrected chi connectivity index (χ2v) is 5.42. The summed E-state index contributed by atoms with van der Waals surface area (Å²) in [5.41, 5.74) is 0. The van der Waals surface area contributed by atoms with Crippen LogP contribution in [0.5, 0.6) is 0 Å². The molecule has 2 fully saturated rings. The molecule has 0 amide bonds. The molecule has 0 saturated carbocycles. The Balaban J connectivity index is 1.58. The molecule has 0 aliphatic carbocycles. The fourth-order valence-electron chi connectivity index (χ4n) is 2.90.